The van der Waals surface area contributed by atoms with Crippen molar-refractivity contribution in [3.8, 4) is 6.07 Å². The van der Waals surface area contributed by atoms with Crippen molar-refractivity contribution in [3.05, 3.63) is 62.3 Å². The number of thiophene rings is 1. The van der Waals surface area contributed by atoms with Crippen LogP contribution in [0.4, 0.5) is 5.00 Å². The third-order valence-corrected chi connectivity index (χ3v) is 6.35. The molecule has 1 aliphatic carbocycles. The van der Waals surface area contributed by atoms with Gasteiger partial charge in [-0.25, -0.2) is 4.79 Å². The van der Waals surface area contributed by atoms with Crippen LogP contribution in [0.15, 0.2) is 35.1 Å². The zero-order valence-corrected chi connectivity index (χ0v) is 17.1. The van der Waals surface area contributed by atoms with Gasteiger partial charge in [0.05, 0.1) is 11.1 Å². The van der Waals surface area contributed by atoms with Gasteiger partial charge in [0.25, 0.3) is 5.91 Å². The van der Waals surface area contributed by atoms with E-state index in [0.717, 1.165) is 35.8 Å². The number of aromatic amines is 1. The van der Waals surface area contributed by atoms with Gasteiger partial charge in [-0.15, -0.1) is 11.3 Å². The van der Waals surface area contributed by atoms with Gasteiger partial charge in [-0.2, -0.15) is 5.26 Å². The maximum absolute atomic E-state index is 12.5. The zero-order valence-electron chi connectivity index (χ0n) is 16.3. The van der Waals surface area contributed by atoms with E-state index >= 15 is 0 Å². The summed E-state index contributed by atoms with van der Waals surface area (Å²) in [6.45, 7) is 1.66. The predicted octanol–water partition coefficient (Wildman–Crippen LogP) is 3.38. The summed E-state index contributed by atoms with van der Waals surface area (Å²) in [5.74, 6) is -0.732. The molecular weight excluding hydrogens is 402 g/mol. The molecule has 0 saturated carbocycles. The SMILES string of the molecule is C[C@H]1CCc2c(sc(NC(=O)COC(=O)c3cc(=O)[nH]c4ccccc34)c2C#N)C1. The number of aromatic nitrogens is 1. The maximum atomic E-state index is 12.5. The van der Waals surface area contributed by atoms with Crippen LogP contribution < -0.4 is 10.9 Å². The van der Waals surface area contributed by atoms with Crippen molar-refractivity contribution in [3.63, 3.8) is 0 Å². The van der Waals surface area contributed by atoms with Gasteiger partial charge in [0, 0.05) is 21.8 Å². The second kappa shape index (κ2) is 8.13. The molecule has 0 fully saturated rings. The van der Waals surface area contributed by atoms with Gasteiger partial charge in [0.2, 0.25) is 5.56 Å². The van der Waals surface area contributed by atoms with Gasteiger partial charge >= 0.3 is 5.97 Å². The molecule has 0 unspecified atom stereocenters. The van der Waals surface area contributed by atoms with E-state index in [-0.39, 0.29) is 5.56 Å². The molecule has 1 amide bonds. The summed E-state index contributed by atoms with van der Waals surface area (Å²) >= 11 is 1.41. The smallest absolute Gasteiger partial charge is 0.339 e. The lowest BCUT2D eigenvalue weighted by Crippen LogP contribution is -2.22. The molecule has 3 aromatic rings. The van der Waals surface area contributed by atoms with Crippen molar-refractivity contribution in [2.45, 2.75) is 26.2 Å². The summed E-state index contributed by atoms with van der Waals surface area (Å²) in [5.41, 5.74) is 1.70. The molecule has 2 heterocycles. The van der Waals surface area contributed by atoms with Crippen LogP contribution in [0.2, 0.25) is 0 Å². The highest BCUT2D eigenvalue weighted by molar-refractivity contribution is 7.16. The molecular formula is C22H19N3O4S. The Morgan fingerprint density at radius 2 is 2.17 bits per heavy atom. The fraction of sp³-hybridized carbons (Fsp3) is 0.273. The molecule has 1 aromatic carbocycles. The number of amides is 1. The highest BCUT2D eigenvalue weighted by Crippen LogP contribution is 2.39. The third-order valence-electron chi connectivity index (χ3n) is 5.18. The highest BCUT2D eigenvalue weighted by atomic mass is 32.1. The number of nitrogens with zero attached hydrogens (tertiary/aromatic N) is 1. The monoisotopic (exact) mass is 421 g/mol. The minimum atomic E-state index is -0.757. The molecule has 7 nitrogen and oxygen atoms in total. The van der Waals surface area contributed by atoms with Gasteiger partial charge in [-0.3, -0.25) is 9.59 Å². The molecule has 0 aliphatic heterocycles. The number of hydrogen-bond acceptors (Lipinski definition) is 6. The number of H-pyrrole nitrogens is 1. The topological polar surface area (TPSA) is 112 Å². The van der Waals surface area contributed by atoms with Crippen LogP contribution in [-0.4, -0.2) is 23.5 Å². The van der Waals surface area contributed by atoms with Crippen molar-refractivity contribution in [2.75, 3.05) is 11.9 Å². The number of benzene rings is 1. The summed E-state index contributed by atoms with van der Waals surface area (Å²) in [7, 11) is 0. The van der Waals surface area contributed by atoms with Crippen LogP contribution >= 0.6 is 11.3 Å². The fourth-order valence-electron chi connectivity index (χ4n) is 3.70. The molecule has 1 atom stereocenters. The minimum absolute atomic E-state index is 0.0976. The van der Waals surface area contributed by atoms with Gasteiger partial charge < -0.3 is 15.0 Å². The van der Waals surface area contributed by atoms with E-state index < -0.39 is 24.0 Å². The molecule has 0 bridgehead atoms. The molecule has 152 valence electrons. The van der Waals surface area contributed by atoms with E-state index in [1.54, 1.807) is 24.3 Å². The van der Waals surface area contributed by atoms with Gasteiger partial charge in [0.1, 0.15) is 11.1 Å². The molecule has 4 rings (SSSR count). The van der Waals surface area contributed by atoms with Gasteiger partial charge in [-0.05, 0) is 36.8 Å². The molecule has 0 spiro atoms. The average Bonchev–Trinajstić information content (AvgIpc) is 3.07. The number of fused-ring (bicyclic) bond motifs is 2. The van der Waals surface area contributed by atoms with E-state index in [2.05, 4.69) is 23.3 Å². The van der Waals surface area contributed by atoms with E-state index in [0.29, 0.717) is 27.4 Å². The average molecular weight is 421 g/mol. The third kappa shape index (κ3) is 3.84. The van der Waals surface area contributed by atoms with Crippen molar-refractivity contribution in [1.82, 2.24) is 4.98 Å². The number of rotatable bonds is 4. The molecule has 0 saturated heterocycles. The second-order valence-corrected chi connectivity index (χ2v) is 8.49. The number of anilines is 1. The number of hydrogen-bond donors (Lipinski definition) is 2. The molecule has 2 N–H and O–H groups in total. The normalized spacial score (nSPS) is 15.3. The summed E-state index contributed by atoms with van der Waals surface area (Å²) < 4.78 is 5.14. The number of carbonyl (C=O) groups excluding carboxylic acids is 2. The number of para-hydroxylation sites is 1. The van der Waals surface area contributed by atoms with Crippen molar-refractivity contribution >= 4 is 39.1 Å². The van der Waals surface area contributed by atoms with Crippen LogP contribution in [0.3, 0.4) is 0 Å². The van der Waals surface area contributed by atoms with Crippen LogP contribution in [0.25, 0.3) is 10.9 Å². The van der Waals surface area contributed by atoms with Gasteiger partial charge in [0.15, 0.2) is 6.61 Å². The number of esters is 1. The number of pyridine rings is 1. The predicted molar refractivity (Wildman–Crippen MR) is 114 cm³/mol. The first-order valence-electron chi connectivity index (χ1n) is 9.60. The Morgan fingerprint density at radius 1 is 1.37 bits per heavy atom. The Balaban J connectivity index is 1.47. The fourth-order valence-corrected chi connectivity index (χ4v) is 5.08. The quantitative estimate of drug-likeness (QED) is 0.627. The number of nitrogens with one attached hydrogen (secondary N) is 2. The van der Waals surface area contributed by atoms with Crippen LogP contribution in [0.5, 0.6) is 0 Å². The van der Waals surface area contributed by atoms with Crippen molar-refractivity contribution < 1.29 is 14.3 Å². The minimum Gasteiger partial charge on any atom is -0.452 e. The molecule has 1 aliphatic rings. The number of nitriles is 1. The molecule has 8 heteroatoms. The van der Waals surface area contributed by atoms with E-state index in [9.17, 15) is 19.6 Å². The van der Waals surface area contributed by atoms with Crippen LogP contribution in [-0.2, 0) is 22.4 Å². The van der Waals surface area contributed by atoms with Crippen molar-refractivity contribution in [2.24, 2.45) is 5.92 Å². The largest absolute Gasteiger partial charge is 0.452 e. The Hall–Kier alpha value is -3.44. The zero-order chi connectivity index (χ0) is 21.3. The first-order chi connectivity index (χ1) is 14.5. The second-order valence-electron chi connectivity index (χ2n) is 7.38. The van der Waals surface area contributed by atoms with Crippen LogP contribution in [0.1, 0.15) is 39.7 Å². The molecule has 2 aromatic heterocycles. The maximum Gasteiger partial charge on any atom is 0.339 e. The summed E-state index contributed by atoms with van der Waals surface area (Å²) in [6.07, 6.45) is 2.75. The lowest BCUT2D eigenvalue weighted by molar-refractivity contribution is -0.119. The van der Waals surface area contributed by atoms with E-state index in [4.69, 9.17) is 4.74 Å². The standard InChI is InChI=1S/C22H19N3O4S/c1-12-6-7-14-16(10-23)21(30-18(14)8-12)25-20(27)11-29-22(28)15-9-19(26)24-17-5-3-2-4-13(15)17/h2-5,9,12H,6-8,11H2,1H3,(H,24,26)(H,25,27)/t12-/m0/s1. The first kappa shape index (κ1) is 19.9. The number of ether oxygens (including phenoxy) is 1. The Kier molecular flexibility index (Phi) is 5.38. The lowest BCUT2D eigenvalue weighted by Gasteiger charge is -2.17. The Bertz CT molecular complexity index is 1250. The first-order valence-corrected chi connectivity index (χ1v) is 10.4. The Labute approximate surface area is 176 Å². The van der Waals surface area contributed by atoms with E-state index in [1.807, 2.05) is 0 Å². The number of carbonyl (C=O) groups is 2. The Morgan fingerprint density at radius 3 is 2.97 bits per heavy atom. The molecule has 30 heavy (non-hydrogen) atoms. The summed E-state index contributed by atoms with van der Waals surface area (Å²) in [5, 5.41) is 13.3. The molecule has 0 radical (unpaired) electrons. The van der Waals surface area contributed by atoms with E-state index in [1.165, 1.54) is 11.3 Å². The summed E-state index contributed by atoms with van der Waals surface area (Å²) in [6, 6.07) is 10.2. The van der Waals surface area contributed by atoms with Crippen molar-refractivity contribution in [1.29, 1.82) is 5.26 Å². The lowest BCUT2D eigenvalue weighted by atomic mass is 9.89. The van der Waals surface area contributed by atoms with Gasteiger partial charge in [-0.1, -0.05) is 25.1 Å². The highest BCUT2D eigenvalue weighted by Gasteiger charge is 2.25. The summed E-state index contributed by atoms with van der Waals surface area (Å²) in [4.78, 5) is 40.4. The van der Waals surface area contributed by atoms with Crippen LogP contribution in [0, 0.1) is 17.2 Å².